The van der Waals surface area contributed by atoms with Crippen molar-refractivity contribution in [1.29, 1.82) is 0 Å². The van der Waals surface area contributed by atoms with Crippen LogP contribution in [0.3, 0.4) is 0 Å². The molecule has 0 radical (unpaired) electrons. The minimum atomic E-state index is -1.01. The summed E-state index contributed by atoms with van der Waals surface area (Å²) in [6.45, 7) is 4.35. The predicted molar refractivity (Wildman–Crippen MR) is 156 cm³/mol. The van der Waals surface area contributed by atoms with Crippen LogP contribution in [-0.4, -0.2) is 87.3 Å². The van der Waals surface area contributed by atoms with Gasteiger partial charge in [-0.25, -0.2) is 0 Å². The van der Waals surface area contributed by atoms with Gasteiger partial charge in [0.1, 0.15) is 18.7 Å². The normalized spacial score (nSPS) is 12.3. The van der Waals surface area contributed by atoms with Crippen molar-refractivity contribution in [3.63, 3.8) is 0 Å². The van der Waals surface area contributed by atoms with Crippen LogP contribution in [0.15, 0.2) is 30.3 Å². The standard InChI is InChI=1S/C25H38IN5O7P.K/c1-17(2)12-19(24(35)29-15-23(34)39-26)31-25(36)20(13-18-6-4-3-5-7-18)30-21(32)14-28-22(33)16-38-11-10-37-9-8-27;/h3-7,17,19-20H,8-16,27H2,1-2H3,(H,28,33)(H,29,35)(H,30,32)(H,31,36);/q-1;+1. The quantitative estimate of drug-likeness (QED) is 0.0419. The zero-order chi connectivity index (χ0) is 29.0. The molecule has 0 aliphatic heterocycles. The number of carbonyl (C=O) groups is 5. The maximum absolute atomic E-state index is 13.3. The van der Waals surface area contributed by atoms with Crippen molar-refractivity contribution >= 4 is 57.4 Å². The monoisotopic (exact) mass is 717 g/mol. The molecule has 1 aromatic carbocycles. The summed E-state index contributed by atoms with van der Waals surface area (Å²) in [6.07, 6.45) is 1.00. The van der Waals surface area contributed by atoms with Crippen molar-refractivity contribution in [3.8, 4) is 0 Å². The van der Waals surface area contributed by atoms with E-state index in [1.807, 2.05) is 66.2 Å². The second-order valence-electron chi connectivity index (χ2n) is 8.93. The second-order valence-corrected chi connectivity index (χ2v) is 11.0. The SMILES string of the molecule is CC(C)CC(NC(=O)C(Cc1ccccc1)NC(=O)CNC(=O)COCCOCCN)C(=O)NCC(=O)[P-]I.[K+]. The average Bonchev–Trinajstić information content (AvgIpc) is 2.91. The Kier molecular flexibility index (Phi) is 23.6. The fraction of sp³-hybridized carbons (Fsp3) is 0.560. The van der Waals surface area contributed by atoms with Crippen LogP contribution in [0.5, 0.6) is 0 Å². The summed E-state index contributed by atoms with van der Waals surface area (Å²) in [5.74, 6) is -2.04. The van der Waals surface area contributed by atoms with E-state index in [9.17, 15) is 24.0 Å². The van der Waals surface area contributed by atoms with Crippen LogP contribution in [0.2, 0.25) is 0 Å². The van der Waals surface area contributed by atoms with Crippen molar-refractivity contribution in [2.45, 2.75) is 38.8 Å². The summed E-state index contributed by atoms with van der Waals surface area (Å²) in [5, 5.41) is 10.4. The maximum Gasteiger partial charge on any atom is 1.00 e. The summed E-state index contributed by atoms with van der Waals surface area (Å²) in [6, 6.07) is 7.18. The zero-order valence-electron chi connectivity index (χ0n) is 23.2. The molecule has 0 heterocycles. The van der Waals surface area contributed by atoms with Gasteiger partial charge in [-0.2, -0.15) is 0 Å². The largest absolute Gasteiger partial charge is 1.00 e. The fourth-order valence-corrected chi connectivity index (χ4v) is 3.94. The molecule has 0 saturated heterocycles. The maximum atomic E-state index is 13.3. The van der Waals surface area contributed by atoms with E-state index in [-0.39, 0.29) is 95.6 Å². The van der Waals surface area contributed by atoms with Gasteiger partial charge in [0.05, 0.1) is 26.4 Å². The molecular formula is C25H38IKN5O7P. The van der Waals surface area contributed by atoms with Crippen LogP contribution in [0, 0.1) is 5.92 Å². The van der Waals surface area contributed by atoms with Gasteiger partial charge in [0.2, 0.25) is 23.6 Å². The molecule has 0 aliphatic rings. The number of benzene rings is 1. The van der Waals surface area contributed by atoms with Crippen LogP contribution < -0.4 is 78.4 Å². The first-order chi connectivity index (χ1) is 18.7. The van der Waals surface area contributed by atoms with E-state index >= 15 is 0 Å². The first kappa shape index (κ1) is 39.4. The molecule has 1 rings (SSSR count). The molecule has 0 aliphatic carbocycles. The predicted octanol–water partition coefficient (Wildman–Crippen LogP) is -2.70. The number of ether oxygens (including phenoxy) is 2. The molecule has 0 aromatic heterocycles. The topological polar surface area (TPSA) is 178 Å². The van der Waals surface area contributed by atoms with Crippen LogP contribution >= 0.6 is 28.3 Å². The number of hydrogen-bond donors (Lipinski definition) is 5. The number of rotatable bonds is 20. The first-order valence-electron chi connectivity index (χ1n) is 12.5. The number of carbonyl (C=O) groups excluding carboxylic acids is 5. The third-order valence-electron chi connectivity index (χ3n) is 5.10. The summed E-state index contributed by atoms with van der Waals surface area (Å²) in [5.41, 5.74) is 5.94. The Morgan fingerprint density at radius 3 is 2.17 bits per heavy atom. The van der Waals surface area contributed by atoms with E-state index in [0.717, 1.165) is 5.56 Å². The Morgan fingerprint density at radius 1 is 0.875 bits per heavy atom. The van der Waals surface area contributed by atoms with Crippen molar-refractivity contribution in [3.05, 3.63) is 35.9 Å². The van der Waals surface area contributed by atoms with Crippen molar-refractivity contribution in [2.75, 3.05) is 46.1 Å². The fourth-order valence-electron chi connectivity index (χ4n) is 3.29. The van der Waals surface area contributed by atoms with Gasteiger partial charge < -0.3 is 69.5 Å². The molecule has 6 N–H and O–H groups in total. The Labute approximate surface area is 292 Å². The van der Waals surface area contributed by atoms with Gasteiger partial charge in [0.15, 0.2) is 0 Å². The molecule has 0 fully saturated rings. The molecule has 4 amide bonds. The summed E-state index contributed by atoms with van der Waals surface area (Å²) in [7, 11) is 0. The minimum Gasteiger partial charge on any atom is -0.388 e. The van der Waals surface area contributed by atoms with Gasteiger partial charge >= 0.3 is 51.4 Å². The van der Waals surface area contributed by atoms with Crippen molar-refractivity contribution < 1.29 is 84.8 Å². The third kappa shape index (κ3) is 18.8. The molecule has 218 valence electrons. The number of nitrogens with two attached hydrogens (primary N) is 1. The zero-order valence-corrected chi connectivity index (χ0v) is 29.4. The van der Waals surface area contributed by atoms with E-state index in [1.54, 1.807) is 0 Å². The van der Waals surface area contributed by atoms with Gasteiger partial charge in [-0.1, -0.05) is 44.2 Å². The average molecular weight is 718 g/mol. The number of amides is 4. The molecule has 2 atom stereocenters. The summed E-state index contributed by atoms with van der Waals surface area (Å²) in [4.78, 5) is 62.2. The second kappa shape index (κ2) is 23.9. The molecule has 0 saturated carbocycles. The van der Waals surface area contributed by atoms with Gasteiger partial charge in [0.25, 0.3) is 0 Å². The van der Waals surface area contributed by atoms with Crippen LogP contribution in [0.25, 0.3) is 0 Å². The molecule has 0 bridgehead atoms. The van der Waals surface area contributed by atoms with E-state index in [1.165, 1.54) is 0 Å². The Morgan fingerprint density at radius 2 is 1.55 bits per heavy atom. The Balaban J connectivity index is 0.0000152. The van der Waals surface area contributed by atoms with Gasteiger partial charge in [-0.05, 0) is 17.9 Å². The Bertz CT molecular complexity index is 930. The first-order valence-corrected chi connectivity index (χ1v) is 16.2. The van der Waals surface area contributed by atoms with Gasteiger partial charge in [-0.3, -0.25) is 19.2 Å². The third-order valence-corrected chi connectivity index (χ3v) is 7.06. The van der Waals surface area contributed by atoms with Crippen molar-refractivity contribution in [2.24, 2.45) is 11.7 Å². The summed E-state index contributed by atoms with van der Waals surface area (Å²) < 4.78 is 10.3. The molecule has 40 heavy (non-hydrogen) atoms. The Hall–Kier alpha value is -0.554. The molecule has 2 unspecified atom stereocenters. The molecule has 15 heteroatoms. The van der Waals surface area contributed by atoms with E-state index < -0.39 is 35.7 Å². The number of hydrogen-bond acceptors (Lipinski definition) is 8. The summed E-state index contributed by atoms with van der Waals surface area (Å²) >= 11 is 1.89. The smallest absolute Gasteiger partial charge is 0.388 e. The van der Waals surface area contributed by atoms with Crippen LogP contribution in [0.1, 0.15) is 25.8 Å². The molecular weight excluding hydrogens is 679 g/mol. The number of nitrogens with one attached hydrogen (secondary N) is 4. The molecule has 0 spiro atoms. The van der Waals surface area contributed by atoms with Crippen molar-refractivity contribution in [1.82, 2.24) is 21.3 Å². The van der Waals surface area contributed by atoms with Crippen LogP contribution in [-0.2, 0) is 39.9 Å². The van der Waals surface area contributed by atoms with Gasteiger partial charge in [0, 0.05) is 25.0 Å². The van der Waals surface area contributed by atoms with E-state index in [2.05, 4.69) is 21.3 Å². The molecule has 1 aromatic rings. The number of halogens is 1. The van der Waals surface area contributed by atoms with Crippen LogP contribution in [0.4, 0.5) is 0 Å². The van der Waals surface area contributed by atoms with Gasteiger partial charge in [-0.15, -0.1) is 0 Å². The van der Waals surface area contributed by atoms with E-state index in [0.29, 0.717) is 32.4 Å². The minimum absolute atomic E-state index is 0. The van der Waals surface area contributed by atoms with E-state index in [4.69, 9.17) is 15.2 Å². The molecule has 12 nitrogen and oxygen atoms in total.